The molecule has 1 aliphatic carbocycles. The van der Waals surface area contributed by atoms with Crippen LogP contribution in [0.15, 0.2) is 24.3 Å². The Kier molecular flexibility index (Phi) is 4.46. The quantitative estimate of drug-likeness (QED) is 0.867. The monoisotopic (exact) mass is 345 g/mol. The maximum Gasteiger partial charge on any atom is 0.239 e. The van der Waals surface area contributed by atoms with Crippen molar-refractivity contribution in [3.05, 3.63) is 35.6 Å². The Morgan fingerprint density at radius 1 is 1.20 bits per heavy atom. The molecule has 4 rings (SSSR count). The summed E-state index contributed by atoms with van der Waals surface area (Å²) in [5, 5.41) is 6.27. The third-order valence-electron chi connectivity index (χ3n) is 5.61. The van der Waals surface area contributed by atoms with E-state index in [1.807, 2.05) is 11.0 Å². The van der Waals surface area contributed by atoms with E-state index >= 15 is 0 Å². The molecule has 2 aliphatic heterocycles. The van der Waals surface area contributed by atoms with Crippen LogP contribution in [0.25, 0.3) is 0 Å². The van der Waals surface area contributed by atoms with Gasteiger partial charge in [0.25, 0.3) is 0 Å². The van der Waals surface area contributed by atoms with Crippen LogP contribution in [-0.2, 0) is 9.59 Å². The van der Waals surface area contributed by atoms with Gasteiger partial charge in [-0.3, -0.25) is 9.59 Å². The van der Waals surface area contributed by atoms with Crippen molar-refractivity contribution in [1.29, 1.82) is 0 Å². The number of rotatable bonds is 4. The molecule has 2 N–H and O–H groups in total. The van der Waals surface area contributed by atoms with Crippen molar-refractivity contribution >= 4 is 11.8 Å². The molecule has 1 aromatic rings. The average molecular weight is 345 g/mol. The number of hydrogen-bond donors (Lipinski definition) is 2. The van der Waals surface area contributed by atoms with Crippen LogP contribution in [-0.4, -0.2) is 48.4 Å². The molecule has 5 nitrogen and oxygen atoms in total. The summed E-state index contributed by atoms with van der Waals surface area (Å²) in [5.41, 5.74) is 0.942. The minimum Gasteiger partial charge on any atom is -0.352 e. The first-order chi connectivity index (χ1) is 12.1. The molecule has 0 radical (unpaired) electrons. The highest BCUT2D eigenvalue weighted by atomic mass is 19.1. The van der Waals surface area contributed by atoms with Crippen LogP contribution in [0.2, 0.25) is 0 Å². The van der Waals surface area contributed by atoms with Gasteiger partial charge in [-0.25, -0.2) is 4.39 Å². The number of carbonyl (C=O) groups is 2. The summed E-state index contributed by atoms with van der Waals surface area (Å²) >= 11 is 0. The van der Waals surface area contributed by atoms with Gasteiger partial charge in [0.2, 0.25) is 11.8 Å². The number of likely N-dealkylation sites (tertiary alicyclic amines) is 1. The molecule has 3 fully saturated rings. The molecule has 2 amide bonds. The number of nitrogens with one attached hydrogen (secondary N) is 2. The second kappa shape index (κ2) is 6.75. The molecular formula is C19H24FN3O2. The molecule has 4 atom stereocenters. The lowest BCUT2D eigenvalue weighted by Crippen LogP contribution is -2.42. The molecule has 0 aromatic heterocycles. The second-order valence-corrected chi connectivity index (χ2v) is 7.44. The van der Waals surface area contributed by atoms with Crippen LogP contribution in [0.1, 0.15) is 37.2 Å². The molecule has 134 valence electrons. The van der Waals surface area contributed by atoms with Crippen molar-refractivity contribution in [3.63, 3.8) is 0 Å². The van der Waals surface area contributed by atoms with Gasteiger partial charge in [0.05, 0.1) is 12.0 Å². The van der Waals surface area contributed by atoms with Gasteiger partial charge in [0, 0.05) is 31.6 Å². The summed E-state index contributed by atoms with van der Waals surface area (Å²) in [7, 11) is 0. The number of nitrogens with zero attached hydrogens (tertiary/aromatic N) is 1. The molecule has 2 saturated heterocycles. The Morgan fingerprint density at radius 2 is 2.00 bits per heavy atom. The molecule has 2 heterocycles. The lowest BCUT2D eigenvalue weighted by atomic mass is 10.0. The predicted molar refractivity (Wildman–Crippen MR) is 91.4 cm³/mol. The van der Waals surface area contributed by atoms with E-state index in [1.165, 1.54) is 6.07 Å². The number of halogens is 1. The summed E-state index contributed by atoms with van der Waals surface area (Å²) in [6, 6.07) is 6.44. The number of carbonyl (C=O) groups excluding carboxylic acids is 2. The lowest BCUT2D eigenvalue weighted by Gasteiger charge is -2.19. The minimum atomic E-state index is -0.238. The molecule has 1 unspecified atom stereocenters. The first-order valence-electron chi connectivity index (χ1n) is 9.20. The standard InChI is InChI=1S/C19H24FN3O2/c20-14-5-3-4-12(8-14)15-10-16(15)22-18(24)13-9-17(21-11-13)19(25)23-6-1-2-7-23/h3-5,8,13,15-17,21H,1-2,6-7,9-11H2,(H,22,24)/t13-,15?,16-,17-/m0/s1. The highest BCUT2D eigenvalue weighted by Crippen LogP contribution is 2.41. The summed E-state index contributed by atoms with van der Waals surface area (Å²) in [5.74, 6) is -0.0518. The molecule has 25 heavy (non-hydrogen) atoms. The SMILES string of the molecule is O=C(N[C@H]1CC1c1cccc(F)c1)[C@@H]1CN[C@H](C(=O)N2CCCC2)C1. The largest absolute Gasteiger partial charge is 0.352 e. The number of benzene rings is 1. The van der Waals surface area contributed by atoms with E-state index < -0.39 is 0 Å². The lowest BCUT2D eigenvalue weighted by molar-refractivity contribution is -0.132. The van der Waals surface area contributed by atoms with Crippen molar-refractivity contribution in [1.82, 2.24) is 15.5 Å². The summed E-state index contributed by atoms with van der Waals surface area (Å²) in [4.78, 5) is 26.8. The molecule has 6 heteroatoms. The fourth-order valence-corrected chi connectivity index (χ4v) is 4.04. The Morgan fingerprint density at radius 3 is 2.76 bits per heavy atom. The number of hydrogen-bond acceptors (Lipinski definition) is 3. The fourth-order valence-electron chi connectivity index (χ4n) is 4.04. The third kappa shape index (κ3) is 3.54. The maximum absolute atomic E-state index is 13.3. The minimum absolute atomic E-state index is 0.00752. The van der Waals surface area contributed by atoms with Crippen LogP contribution in [0.4, 0.5) is 4.39 Å². The van der Waals surface area contributed by atoms with E-state index in [0.717, 1.165) is 37.9 Å². The molecule has 0 bridgehead atoms. The molecule has 1 saturated carbocycles. The Labute approximate surface area is 147 Å². The Hall–Kier alpha value is -1.95. The second-order valence-electron chi connectivity index (χ2n) is 7.44. The van der Waals surface area contributed by atoms with Crippen LogP contribution in [0, 0.1) is 11.7 Å². The van der Waals surface area contributed by atoms with Gasteiger partial charge >= 0.3 is 0 Å². The fraction of sp³-hybridized carbons (Fsp3) is 0.579. The Bertz CT molecular complexity index is 674. The highest BCUT2D eigenvalue weighted by Gasteiger charge is 2.42. The first kappa shape index (κ1) is 16.5. The third-order valence-corrected chi connectivity index (χ3v) is 5.61. The van der Waals surface area contributed by atoms with Crippen LogP contribution >= 0.6 is 0 Å². The van der Waals surface area contributed by atoms with Crippen LogP contribution < -0.4 is 10.6 Å². The maximum atomic E-state index is 13.3. The van der Waals surface area contributed by atoms with Gasteiger partial charge in [-0.1, -0.05) is 12.1 Å². The van der Waals surface area contributed by atoms with Gasteiger partial charge < -0.3 is 15.5 Å². The van der Waals surface area contributed by atoms with Crippen molar-refractivity contribution in [2.24, 2.45) is 5.92 Å². The van der Waals surface area contributed by atoms with Gasteiger partial charge in [-0.05, 0) is 43.4 Å². The number of amides is 2. The zero-order chi connectivity index (χ0) is 17.4. The first-order valence-corrected chi connectivity index (χ1v) is 9.20. The molecule has 0 spiro atoms. The van der Waals surface area contributed by atoms with E-state index in [-0.39, 0.29) is 41.6 Å². The van der Waals surface area contributed by atoms with Crippen molar-refractivity contribution < 1.29 is 14.0 Å². The summed E-state index contributed by atoms with van der Waals surface area (Å²) in [6.07, 6.45) is 3.57. The van der Waals surface area contributed by atoms with E-state index in [4.69, 9.17) is 0 Å². The van der Waals surface area contributed by atoms with E-state index in [1.54, 1.807) is 12.1 Å². The van der Waals surface area contributed by atoms with Gasteiger partial charge in [-0.15, -0.1) is 0 Å². The van der Waals surface area contributed by atoms with E-state index in [9.17, 15) is 14.0 Å². The zero-order valence-electron chi connectivity index (χ0n) is 14.2. The van der Waals surface area contributed by atoms with E-state index in [0.29, 0.717) is 13.0 Å². The van der Waals surface area contributed by atoms with E-state index in [2.05, 4.69) is 10.6 Å². The highest BCUT2D eigenvalue weighted by molar-refractivity contribution is 5.86. The van der Waals surface area contributed by atoms with Gasteiger partial charge in [-0.2, -0.15) is 0 Å². The van der Waals surface area contributed by atoms with Crippen molar-refractivity contribution in [2.75, 3.05) is 19.6 Å². The molecule has 1 aromatic carbocycles. The summed E-state index contributed by atoms with van der Waals surface area (Å²) in [6.45, 7) is 2.23. The average Bonchev–Trinajstić information content (AvgIpc) is 3.05. The summed E-state index contributed by atoms with van der Waals surface area (Å²) < 4.78 is 13.3. The van der Waals surface area contributed by atoms with Gasteiger partial charge in [0.1, 0.15) is 5.82 Å². The predicted octanol–water partition coefficient (Wildman–Crippen LogP) is 1.40. The Balaban J connectivity index is 1.27. The van der Waals surface area contributed by atoms with Gasteiger partial charge in [0.15, 0.2) is 0 Å². The van der Waals surface area contributed by atoms with Crippen LogP contribution in [0.3, 0.4) is 0 Å². The smallest absolute Gasteiger partial charge is 0.239 e. The molecular weight excluding hydrogens is 321 g/mol. The van der Waals surface area contributed by atoms with Crippen LogP contribution in [0.5, 0.6) is 0 Å². The van der Waals surface area contributed by atoms with Crippen molar-refractivity contribution in [2.45, 2.75) is 43.7 Å². The van der Waals surface area contributed by atoms with Crippen molar-refractivity contribution in [3.8, 4) is 0 Å². The topological polar surface area (TPSA) is 61.4 Å². The normalized spacial score (nSPS) is 31.2. The molecule has 3 aliphatic rings. The zero-order valence-corrected chi connectivity index (χ0v) is 14.2.